The summed E-state index contributed by atoms with van der Waals surface area (Å²) in [5.41, 5.74) is 6.73. The first kappa shape index (κ1) is 10.4. The predicted molar refractivity (Wildman–Crippen MR) is 57.0 cm³/mol. The van der Waals surface area contributed by atoms with Gasteiger partial charge in [-0.3, -0.25) is 4.79 Å². The van der Waals surface area contributed by atoms with Crippen LogP contribution in [-0.4, -0.2) is 17.0 Å². The van der Waals surface area contributed by atoms with Crippen molar-refractivity contribution in [3.63, 3.8) is 0 Å². The smallest absolute Gasteiger partial charge is 0.267 e. The first-order chi connectivity index (χ1) is 6.65. The molecular weight excluding hydrogens is 178 g/mol. The molecule has 0 radical (unpaired) electrons. The largest absolute Gasteiger partial charge is 0.397 e. The molecule has 1 rings (SSSR count). The highest BCUT2D eigenvalue weighted by atomic mass is 16.1. The van der Waals surface area contributed by atoms with Gasteiger partial charge in [0.15, 0.2) is 0 Å². The molecular formula is C10H15N3O. The van der Waals surface area contributed by atoms with Crippen molar-refractivity contribution in [3.05, 3.63) is 30.6 Å². The van der Waals surface area contributed by atoms with Gasteiger partial charge in [0.05, 0.1) is 5.69 Å². The van der Waals surface area contributed by atoms with Crippen LogP contribution in [0.1, 0.15) is 16.9 Å². The number of nitrogens with two attached hydrogens (primary N) is 1. The van der Waals surface area contributed by atoms with Gasteiger partial charge in [-0.15, -0.1) is 6.58 Å². The van der Waals surface area contributed by atoms with Gasteiger partial charge in [-0.05, 0) is 12.5 Å². The molecule has 0 aliphatic carbocycles. The van der Waals surface area contributed by atoms with Crippen molar-refractivity contribution < 1.29 is 4.79 Å². The van der Waals surface area contributed by atoms with Crippen molar-refractivity contribution in [2.75, 3.05) is 12.3 Å². The average molecular weight is 193 g/mol. The highest BCUT2D eigenvalue weighted by Gasteiger charge is 2.09. The number of aromatic nitrogens is 1. The van der Waals surface area contributed by atoms with Gasteiger partial charge >= 0.3 is 0 Å². The fraction of sp³-hybridized carbons (Fsp3) is 0.300. The van der Waals surface area contributed by atoms with Crippen molar-refractivity contribution in [2.45, 2.75) is 6.42 Å². The fourth-order valence-corrected chi connectivity index (χ4v) is 1.19. The number of rotatable bonds is 4. The molecule has 1 amide bonds. The van der Waals surface area contributed by atoms with E-state index in [-0.39, 0.29) is 5.91 Å². The van der Waals surface area contributed by atoms with Gasteiger partial charge in [0, 0.05) is 19.8 Å². The summed E-state index contributed by atoms with van der Waals surface area (Å²) in [6, 6.07) is 1.66. The molecule has 0 atom stereocenters. The molecule has 3 N–H and O–H groups in total. The Bertz CT molecular complexity index is 341. The Labute approximate surface area is 83.4 Å². The monoisotopic (exact) mass is 193 g/mol. The second kappa shape index (κ2) is 4.50. The Hall–Kier alpha value is -1.71. The molecule has 0 bridgehead atoms. The van der Waals surface area contributed by atoms with E-state index < -0.39 is 0 Å². The lowest BCUT2D eigenvalue weighted by molar-refractivity contribution is 0.0946. The first-order valence-corrected chi connectivity index (χ1v) is 4.46. The van der Waals surface area contributed by atoms with E-state index >= 15 is 0 Å². The maximum absolute atomic E-state index is 11.5. The van der Waals surface area contributed by atoms with Gasteiger partial charge in [0.2, 0.25) is 0 Å². The molecule has 0 aromatic carbocycles. The zero-order valence-electron chi connectivity index (χ0n) is 8.29. The molecule has 0 saturated heterocycles. The number of anilines is 1. The number of hydrogen-bond acceptors (Lipinski definition) is 2. The molecule has 0 aliphatic heterocycles. The van der Waals surface area contributed by atoms with Crippen molar-refractivity contribution in [1.82, 2.24) is 9.88 Å². The van der Waals surface area contributed by atoms with Gasteiger partial charge in [-0.25, -0.2) is 0 Å². The molecule has 14 heavy (non-hydrogen) atoms. The van der Waals surface area contributed by atoms with E-state index in [0.29, 0.717) is 17.9 Å². The van der Waals surface area contributed by atoms with E-state index in [9.17, 15) is 4.79 Å². The minimum atomic E-state index is -0.106. The summed E-state index contributed by atoms with van der Waals surface area (Å²) >= 11 is 0. The predicted octanol–water partition coefficient (Wildman–Crippen LogP) is 0.913. The molecule has 4 heteroatoms. The van der Waals surface area contributed by atoms with Crippen LogP contribution in [0.5, 0.6) is 0 Å². The Kier molecular flexibility index (Phi) is 3.34. The van der Waals surface area contributed by atoms with Gasteiger partial charge < -0.3 is 15.6 Å². The Morgan fingerprint density at radius 2 is 2.50 bits per heavy atom. The molecule has 0 unspecified atom stereocenters. The lowest BCUT2D eigenvalue weighted by Crippen LogP contribution is -2.25. The first-order valence-electron chi connectivity index (χ1n) is 4.46. The quantitative estimate of drug-likeness (QED) is 0.551. The third-order valence-electron chi connectivity index (χ3n) is 1.89. The number of nitrogens with one attached hydrogen (secondary N) is 1. The molecule has 0 aliphatic rings. The number of carbonyl (C=O) groups excluding carboxylic acids is 1. The highest BCUT2D eigenvalue weighted by molar-refractivity contribution is 5.93. The number of aryl methyl sites for hydroxylation is 1. The number of carbonyl (C=O) groups is 1. The van der Waals surface area contributed by atoms with E-state index in [1.54, 1.807) is 30.0 Å². The fourth-order valence-electron chi connectivity index (χ4n) is 1.19. The molecule has 1 aromatic heterocycles. The van der Waals surface area contributed by atoms with Crippen molar-refractivity contribution in [2.24, 2.45) is 7.05 Å². The lowest BCUT2D eigenvalue weighted by Gasteiger charge is -2.03. The second-order valence-corrected chi connectivity index (χ2v) is 3.10. The summed E-state index contributed by atoms with van der Waals surface area (Å²) in [5, 5.41) is 2.77. The molecule has 1 heterocycles. The van der Waals surface area contributed by atoms with Crippen LogP contribution in [0.3, 0.4) is 0 Å². The van der Waals surface area contributed by atoms with Crippen molar-refractivity contribution in [3.8, 4) is 0 Å². The van der Waals surface area contributed by atoms with Gasteiger partial charge in [-0.2, -0.15) is 0 Å². The van der Waals surface area contributed by atoms with Gasteiger partial charge in [0.25, 0.3) is 5.91 Å². The van der Waals surface area contributed by atoms with Crippen LogP contribution < -0.4 is 11.1 Å². The number of amides is 1. The number of nitrogens with zero attached hydrogens (tertiary/aromatic N) is 1. The molecule has 1 aromatic rings. The van der Waals surface area contributed by atoms with Gasteiger partial charge in [-0.1, -0.05) is 6.08 Å². The van der Waals surface area contributed by atoms with E-state index in [1.165, 1.54) is 0 Å². The third-order valence-corrected chi connectivity index (χ3v) is 1.89. The van der Waals surface area contributed by atoms with Crippen LogP contribution >= 0.6 is 0 Å². The highest BCUT2D eigenvalue weighted by Crippen LogP contribution is 2.07. The maximum atomic E-state index is 11.5. The second-order valence-electron chi connectivity index (χ2n) is 3.10. The minimum Gasteiger partial charge on any atom is -0.397 e. The standard InChI is InChI=1S/C10H15N3O/c1-3-4-5-12-10(14)9-6-8(11)7-13(9)2/h3,6-7H,1,4-5,11H2,2H3,(H,12,14). The van der Waals surface area contributed by atoms with Crippen LogP contribution in [-0.2, 0) is 7.05 Å². The van der Waals surface area contributed by atoms with Crippen LogP contribution in [0.2, 0.25) is 0 Å². The van der Waals surface area contributed by atoms with E-state index in [2.05, 4.69) is 11.9 Å². The molecule has 0 saturated carbocycles. The number of nitrogen functional groups attached to an aromatic ring is 1. The summed E-state index contributed by atoms with van der Waals surface area (Å²) in [4.78, 5) is 11.5. The molecule has 0 spiro atoms. The molecule has 4 nitrogen and oxygen atoms in total. The summed E-state index contributed by atoms with van der Waals surface area (Å²) in [5.74, 6) is -0.106. The zero-order valence-corrected chi connectivity index (χ0v) is 8.29. The molecule has 0 fully saturated rings. The lowest BCUT2D eigenvalue weighted by atomic mass is 10.3. The van der Waals surface area contributed by atoms with Gasteiger partial charge in [0.1, 0.15) is 5.69 Å². The number of hydrogen-bond donors (Lipinski definition) is 2. The van der Waals surface area contributed by atoms with Crippen molar-refractivity contribution >= 4 is 11.6 Å². The zero-order chi connectivity index (χ0) is 10.6. The summed E-state index contributed by atoms with van der Waals surface area (Å²) in [6.07, 6.45) is 4.24. The Morgan fingerprint density at radius 1 is 1.79 bits per heavy atom. The van der Waals surface area contributed by atoms with E-state index in [0.717, 1.165) is 6.42 Å². The summed E-state index contributed by atoms with van der Waals surface area (Å²) in [6.45, 7) is 4.18. The Balaban J connectivity index is 2.60. The Morgan fingerprint density at radius 3 is 3.00 bits per heavy atom. The van der Waals surface area contributed by atoms with Crippen molar-refractivity contribution in [1.29, 1.82) is 0 Å². The van der Waals surface area contributed by atoms with Crippen LogP contribution in [0.25, 0.3) is 0 Å². The van der Waals surface area contributed by atoms with Crippen LogP contribution in [0, 0.1) is 0 Å². The third kappa shape index (κ3) is 2.39. The van der Waals surface area contributed by atoms with E-state index in [4.69, 9.17) is 5.73 Å². The summed E-state index contributed by atoms with van der Waals surface area (Å²) < 4.78 is 1.71. The SMILES string of the molecule is C=CCCNC(=O)c1cc(N)cn1C. The maximum Gasteiger partial charge on any atom is 0.267 e. The minimum absolute atomic E-state index is 0.106. The molecule has 76 valence electrons. The normalized spacial score (nSPS) is 9.79. The topological polar surface area (TPSA) is 60.1 Å². The van der Waals surface area contributed by atoms with E-state index in [1.807, 2.05) is 0 Å². The van der Waals surface area contributed by atoms with Crippen LogP contribution in [0.4, 0.5) is 5.69 Å². The average Bonchev–Trinajstić information content (AvgIpc) is 2.45. The summed E-state index contributed by atoms with van der Waals surface area (Å²) in [7, 11) is 1.79. The van der Waals surface area contributed by atoms with Crippen LogP contribution in [0.15, 0.2) is 24.9 Å².